The van der Waals surface area contributed by atoms with Gasteiger partial charge in [0.1, 0.15) is 0 Å². The van der Waals surface area contributed by atoms with Gasteiger partial charge in [0.05, 0.1) is 17.7 Å². The maximum absolute atomic E-state index is 5.86. The van der Waals surface area contributed by atoms with Gasteiger partial charge < -0.3 is 21.3 Å². The number of rotatable bonds is 3. The number of pyridine rings is 1. The van der Waals surface area contributed by atoms with Crippen molar-refractivity contribution < 1.29 is 0 Å². The van der Waals surface area contributed by atoms with Crippen LogP contribution in [0.25, 0.3) is 0 Å². The number of aryl methyl sites for hydroxylation is 1. The van der Waals surface area contributed by atoms with Gasteiger partial charge in [-0.25, -0.2) is 0 Å². The molecule has 1 fully saturated rings. The number of aromatic nitrogens is 1. The minimum Gasteiger partial charge on any atom is -0.397 e. The van der Waals surface area contributed by atoms with E-state index in [1.165, 1.54) is 31.7 Å². The summed E-state index contributed by atoms with van der Waals surface area (Å²) in [7, 11) is 2.18. The highest BCUT2D eigenvalue weighted by molar-refractivity contribution is 5.46. The molecule has 1 aromatic rings. The zero-order valence-electron chi connectivity index (χ0n) is 12.5. The molecule has 0 unspecified atom stereocenters. The fraction of sp³-hybridized carbons (Fsp3) is 0.571. The van der Waals surface area contributed by atoms with Gasteiger partial charge >= 0.3 is 0 Å². The first-order valence-corrected chi connectivity index (χ1v) is 6.89. The third-order valence-corrected chi connectivity index (χ3v) is 3.50. The van der Waals surface area contributed by atoms with Crippen LogP contribution in [0.15, 0.2) is 12.3 Å². The molecule has 0 saturated carbocycles. The van der Waals surface area contributed by atoms with Crippen LogP contribution in [-0.4, -0.2) is 60.9 Å². The molecule has 0 spiro atoms. The smallest absolute Gasteiger partial charge is 0.0765 e. The summed E-state index contributed by atoms with van der Waals surface area (Å²) in [4.78, 5) is 9.19. The molecule has 5 N–H and O–H groups in total. The third-order valence-electron chi connectivity index (χ3n) is 3.50. The lowest BCUT2D eigenvalue weighted by Crippen LogP contribution is -2.45. The summed E-state index contributed by atoms with van der Waals surface area (Å²) in [5.41, 5.74) is 13.2. The van der Waals surface area contributed by atoms with Crippen LogP contribution in [-0.2, 0) is 6.42 Å². The summed E-state index contributed by atoms with van der Waals surface area (Å²) in [5, 5.41) is 5.86. The molecule has 6 heteroatoms. The molecule has 2 rings (SSSR count). The number of hydrogen-bond acceptors (Lipinski definition) is 5. The summed E-state index contributed by atoms with van der Waals surface area (Å²) < 4.78 is 0. The molecule has 0 amide bonds. The molecule has 0 aromatic carbocycles. The standard InChI is InChI=1S/C13H22N4.CH4N2/c1-11-13(14)9-12(10-15-11)3-4-17-7-5-16(2)6-8-17;2-1-3/h9-10H,3-8,14H2,1-2H3;1H,(H3,2,3). The maximum atomic E-state index is 5.86. The molecule has 0 bridgehead atoms. The number of nitrogens with two attached hydrogens (primary N) is 2. The lowest BCUT2D eigenvalue weighted by atomic mass is 10.1. The normalized spacial score (nSPS) is 16.3. The highest BCUT2D eigenvalue weighted by Crippen LogP contribution is 2.11. The number of piperazine rings is 1. The van der Waals surface area contributed by atoms with E-state index in [-0.39, 0.29) is 0 Å². The van der Waals surface area contributed by atoms with Crippen molar-refractivity contribution in [1.82, 2.24) is 14.8 Å². The minimum absolute atomic E-state index is 0.750. The van der Waals surface area contributed by atoms with Gasteiger partial charge in [-0.15, -0.1) is 0 Å². The number of nitrogens with one attached hydrogen (secondary N) is 1. The van der Waals surface area contributed by atoms with Gasteiger partial charge in [0, 0.05) is 38.9 Å². The Kier molecular flexibility index (Phi) is 6.97. The van der Waals surface area contributed by atoms with Crippen molar-refractivity contribution in [2.45, 2.75) is 13.3 Å². The Morgan fingerprint density at radius 2 is 1.95 bits per heavy atom. The first-order chi connectivity index (χ1) is 9.56. The van der Waals surface area contributed by atoms with Crippen LogP contribution in [0.5, 0.6) is 0 Å². The van der Waals surface area contributed by atoms with E-state index in [0.29, 0.717) is 0 Å². The van der Waals surface area contributed by atoms with E-state index in [1.807, 2.05) is 13.1 Å². The second-order valence-corrected chi connectivity index (χ2v) is 5.08. The largest absolute Gasteiger partial charge is 0.397 e. The summed E-state index contributed by atoms with van der Waals surface area (Å²) in [5.74, 6) is 0. The van der Waals surface area contributed by atoms with Crippen LogP contribution in [0, 0.1) is 12.3 Å². The Morgan fingerprint density at radius 3 is 2.50 bits per heavy atom. The maximum Gasteiger partial charge on any atom is 0.0765 e. The number of nitrogens with zero attached hydrogens (tertiary/aromatic N) is 3. The molecule has 20 heavy (non-hydrogen) atoms. The van der Waals surface area contributed by atoms with Crippen molar-refractivity contribution in [3.05, 3.63) is 23.5 Å². The fourth-order valence-electron chi connectivity index (χ4n) is 2.09. The zero-order valence-corrected chi connectivity index (χ0v) is 12.5. The SMILES string of the molecule is Cc1ncc(CCN2CCN(C)CC2)cc1N.N=CN. The second-order valence-electron chi connectivity index (χ2n) is 5.08. The predicted molar refractivity (Wildman–Crippen MR) is 84.0 cm³/mol. The molecular formula is C14H26N6. The Morgan fingerprint density at radius 1 is 1.35 bits per heavy atom. The highest BCUT2D eigenvalue weighted by atomic mass is 15.2. The Bertz CT molecular complexity index is 412. The molecule has 1 aromatic heterocycles. The van der Waals surface area contributed by atoms with Gasteiger partial charge in [0.2, 0.25) is 0 Å². The van der Waals surface area contributed by atoms with Gasteiger partial charge in [-0.1, -0.05) is 0 Å². The van der Waals surface area contributed by atoms with Crippen molar-refractivity contribution in [2.75, 3.05) is 45.5 Å². The van der Waals surface area contributed by atoms with Gasteiger partial charge in [-0.3, -0.25) is 10.4 Å². The molecule has 0 radical (unpaired) electrons. The first-order valence-electron chi connectivity index (χ1n) is 6.89. The monoisotopic (exact) mass is 278 g/mol. The Hall–Kier alpha value is -1.66. The molecular weight excluding hydrogens is 252 g/mol. The number of anilines is 1. The Labute approximate surface area is 121 Å². The van der Waals surface area contributed by atoms with Gasteiger partial charge in [0.25, 0.3) is 0 Å². The van der Waals surface area contributed by atoms with Crippen molar-refractivity contribution in [2.24, 2.45) is 5.73 Å². The van der Waals surface area contributed by atoms with Crippen molar-refractivity contribution >= 4 is 12.0 Å². The summed E-state index contributed by atoms with van der Waals surface area (Å²) in [6, 6.07) is 2.05. The quantitative estimate of drug-likeness (QED) is 0.546. The van der Waals surface area contributed by atoms with E-state index in [2.05, 4.69) is 33.6 Å². The van der Waals surface area contributed by atoms with Crippen molar-refractivity contribution in [3.8, 4) is 0 Å². The van der Waals surface area contributed by atoms with Crippen LogP contribution in [0.4, 0.5) is 5.69 Å². The number of likely N-dealkylation sites (N-methyl/N-ethyl adjacent to an activating group) is 1. The van der Waals surface area contributed by atoms with Crippen LogP contribution in [0.2, 0.25) is 0 Å². The van der Waals surface area contributed by atoms with Gasteiger partial charge in [-0.05, 0) is 32.0 Å². The van der Waals surface area contributed by atoms with Gasteiger partial charge in [-0.2, -0.15) is 0 Å². The minimum atomic E-state index is 0.750. The number of nitrogen functional groups attached to an aromatic ring is 1. The van der Waals surface area contributed by atoms with Crippen LogP contribution in [0.3, 0.4) is 0 Å². The highest BCUT2D eigenvalue weighted by Gasteiger charge is 2.13. The van der Waals surface area contributed by atoms with E-state index in [1.54, 1.807) is 0 Å². The van der Waals surface area contributed by atoms with Crippen molar-refractivity contribution in [3.63, 3.8) is 0 Å². The van der Waals surface area contributed by atoms with E-state index >= 15 is 0 Å². The predicted octanol–water partition coefficient (Wildman–Crippen LogP) is 0.314. The second kappa shape index (κ2) is 8.50. The molecule has 0 aliphatic carbocycles. The lowest BCUT2D eigenvalue weighted by molar-refractivity contribution is 0.155. The molecule has 1 aliphatic rings. The van der Waals surface area contributed by atoms with E-state index < -0.39 is 0 Å². The summed E-state index contributed by atoms with van der Waals surface area (Å²) >= 11 is 0. The zero-order chi connectivity index (χ0) is 15.0. The van der Waals surface area contributed by atoms with Crippen molar-refractivity contribution in [1.29, 1.82) is 5.41 Å². The molecule has 2 heterocycles. The number of hydrogen-bond donors (Lipinski definition) is 3. The molecule has 0 atom stereocenters. The molecule has 1 saturated heterocycles. The first kappa shape index (κ1) is 16.4. The van der Waals surface area contributed by atoms with E-state index in [9.17, 15) is 0 Å². The van der Waals surface area contributed by atoms with E-state index in [0.717, 1.165) is 30.7 Å². The Balaban J connectivity index is 0.000000612. The molecule has 112 valence electrons. The summed E-state index contributed by atoms with van der Waals surface area (Å²) in [6.07, 6.45) is 3.74. The lowest BCUT2D eigenvalue weighted by Gasteiger charge is -2.32. The average molecular weight is 278 g/mol. The molecule has 6 nitrogen and oxygen atoms in total. The van der Waals surface area contributed by atoms with Crippen LogP contribution >= 0.6 is 0 Å². The average Bonchev–Trinajstić information content (AvgIpc) is 2.43. The third kappa shape index (κ3) is 5.54. The van der Waals surface area contributed by atoms with Crippen LogP contribution < -0.4 is 11.5 Å². The topological polar surface area (TPSA) is 95.3 Å². The summed E-state index contributed by atoms with van der Waals surface area (Å²) in [6.45, 7) is 7.75. The fourth-order valence-corrected chi connectivity index (χ4v) is 2.09. The van der Waals surface area contributed by atoms with Gasteiger partial charge in [0.15, 0.2) is 0 Å². The molecule has 1 aliphatic heterocycles. The van der Waals surface area contributed by atoms with E-state index in [4.69, 9.17) is 11.1 Å². The van der Waals surface area contributed by atoms with Crippen LogP contribution in [0.1, 0.15) is 11.3 Å².